The maximum absolute atomic E-state index is 13.2. The Morgan fingerprint density at radius 2 is 1.70 bits per heavy atom. The van der Waals surface area contributed by atoms with E-state index in [0.717, 1.165) is 44.3 Å². The summed E-state index contributed by atoms with van der Waals surface area (Å²) < 4.78 is 42.7. The molecule has 0 N–H and O–H groups in total. The molecule has 7 heteroatoms. The second-order valence-electron chi connectivity index (χ2n) is 7.55. The summed E-state index contributed by atoms with van der Waals surface area (Å²) in [5.74, 6) is 0.178. The summed E-state index contributed by atoms with van der Waals surface area (Å²) in [6.45, 7) is 3.34. The molecule has 150 valence electrons. The Kier molecular flexibility index (Phi) is 6.11. The quantitative estimate of drug-likeness (QED) is 0.754. The molecule has 1 unspecified atom stereocenters. The lowest BCUT2D eigenvalue weighted by Crippen LogP contribution is -2.60. The molecular formula is C20H27F3N2O2. The highest BCUT2D eigenvalue weighted by molar-refractivity contribution is 5.87. The van der Waals surface area contributed by atoms with E-state index in [1.165, 1.54) is 0 Å². The number of ether oxygens (including phenoxy) is 1. The Labute approximate surface area is 158 Å². The average molecular weight is 384 g/mol. The van der Waals surface area contributed by atoms with Crippen LogP contribution in [0.1, 0.15) is 36.8 Å². The molecule has 4 nitrogen and oxygen atoms in total. The topological polar surface area (TPSA) is 32.8 Å². The third kappa shape index (κ3) is 4.63. The number of halogens is 3. The van der Waals surface area contributed by atoms with Gasteiger partial charge in [-0.15, -0.1) is 0 Å². The van der Waals surface area contributed by atoms with Crippen LogP contribution in [0.3, 0.4) is 0 Å². The number of hydrogen-bond donors (Lipinski definition) is 0. The van der Waals surface area contributed by atoms with Crippen molar-refractivity contribution in [1.82, 2.24) is 9.80 Å². The third-order valence-electron chi connectivity index (χ3n) is 5.69. The number of benzene rings is 1. The van der Waals surface area contributed by atoms with Gasteiger partial charge in [0.05, 0.1) is 13.0 Å². The van der Waals surface area contributed by atoms with Crippen molar-refractivity contribution in [2.45, 2.75) is 50.4 Å². The van der Waals surface area contributed by atoms with Crippen molar-refractivity contribution in [3.8, 4) is 0 Å². The highest BCUT2D eigenvalue weighted by atomic mass is 19.4. The normalized spacial score (nSPS) is 24.1. The SMILES string of the molecule is COCCN1CCCC2(CCCN2Cc2ccc(CC(F)(F)F)cc2)C1=O. The first-order valence-electron chi connectivity index (χ1n) is 9.52. The van der Waals surface area contributed by atoms with Crippen molar-refractivity contribution in [2.75, 3.05) is 33.4 Å². The smallest absolute Gasteiger partial charge is 0.383 e. The van der Waals surface area contributed by atoms with Gasteiger partial charge in [0.15, 0.2) is 0 Å². The number of carbonyl (C=O) groups excluding carboxylic acids is 1. The lowest BCUT2D eigenvalue weighted by molar-refractivity contribution is -0.148. The molecule has 2 fully saturated rings. The number of alkyl halides is 3. The molecule has 0 aromatic heterocycles. The van der Waals surface area contributed by atoms with E-state index in [1.54, 1.807) is 31.4 Å². The van der Waals surface area contributed by atoms with E-state index in [2.05, 4.69) is 4.90 Å². The molecule has 1 aromatic carbocycles. The van der Waals surface area contributed by atoms with Gasteiger partial charge >= 0.3 is 6.18 Å². The van der Waals surface area contributed by atoms with E-state index >= 15 is 0 Å². The number of piperidine rings is 1. The molecule has 0 aliphatic carbocycles. The van der Waals surface area contributed by atoms with Gasteiger partial charge in [-0.3, -0.25) is 9.69 Å². The van der Waals surface area contributed by atoms with Gasteiger partial charge in [0.25, 0.3) is 0 Å². The fourth-order valence-corrected chi connectivity index (χ4v) is 4.38. The van der Waals surface area contributed by atoms with Gasteiger partial charge in [-0.05, 0) is 43.4 Å². The highest BCUT2D eigenvalue weighted by Gasteiger charge is 2.50. The Bertz CT molecular complexity index is 648. The van der Waals surface area contributed by atoms with Crippen molar-refractivity contribution in [2.24, 2.45) is 0 Å². The number of hydrogen-bond acceptors (Lipinski definition) is 3. The van der Waals surface area contributed by atoms with Crippen LogP contribution >= 0.6 is 0 Å². The van der Waals surface area contributed by atoms with Crippen LogP contribution < -0.4 is 0 Å². The number of rotatable bonds is 6. The van der Waals surface area contributed by atoms with E-state index in [0.29, 0.717) is 19.7 Å². The molecule has 1 atom stereocenters. The van der Waals surface area contributed by atoms with Gasteiger partial charge in [0.2, 0.25) is 5.91 Å². The predicted octanol–water partition coefficient (Wildman–Crippen LogP) is 3.39. The molecule has 0 saturated carbocycles. The van der Waals surface area contributed by atoms with E-state index in [-0.39, 0.29) is 11.5 Å². The van der Waals surface area contributed by atoms with Crippen molar-refractivity contribution >= 4 is 5.91 Å². The predicted molar refractivity (Wildman–Crippen MR) is 96.3 cm³/mol. The summed E-state index contributed by atoms with van der Waals surface area (Å²) in [5, 5.41) is 0. The number of amides is 1. The summed E-state index contributed by atoms with van der Waals surface area (Å²) >= 11 is 0. The van der Waals surface area contributed by atoms with Crippen LogP contribution in [0.5, 0.6) is 0 Å². The van der Waals surface area contributed by atoms with Gasteiger partial charge in [0.1, 0.15) is 5.54 Å². The second kappa shape index (κ2) is 8.19. The van der Waals surface area contributed by atoms with Crippen LogP contribution in [0.2, 0.25) is 0 Å². The largest absolute Gasteiger partial charge is 0.393 e. The molecule has 1 amide bonds. The van der Waals surface area contributed by atoms with Gasteiger partial charge in [-0.25, -0.2) is 0 Å². The molecule has 3 rings (SSSR count). The molecule has 2 saturated heterocycles. The number of carbonyl (C=O) groups is 1. The Balaban J connectivity index is 1.70. The van der Waals surface area contributed by atoms with Gasteiger partial charge in [-0.2, -0.15) is 13.2 Å². The molecule has 2 heterocycles. The second-order valence-corrected chi connectivity index (χ2v) is 7.55. The summed E-state index contributed by atoms with van der Waals surface area (Å²) in [7, 11) is 1.63. The summed E-state index contributed by atoms with van der Waals surface area (Å²) in [6, 6.07) is 6.59. The monoisotopic (exact) mass is 384 g/mol. The Morgan fingerprint density at radius 1 is 1.07 bits per heavy atom. The number of likely N-dealkylation sites (tertiary alicyclic amines) is 2. The van der Waals surface area contributed by atoms with Crippen molar-refractivity contribution in [3.05, 3.63) is 35.4 Å². The minimum absolute atomic E-state index is 0.178. The first-order valence-corrected chi connectivity index (χ1v) is 9.52. The van der Waals surface area contributed by atoms with E-state index in [1.807, 2.05) is 4.90 Å². The molecule has 2 aliphatic rings. The Morgan fingerprint density at radius 3 is 2.33 bits per heavy atom. The number of nitrogens with zero attached hydrogens (tertiary/aromatic N) is 2. The molecular weight excluding hydrogens is 357 g/mol. The van der Waals surface area contributed by atoms with E-state index in [9.17, 15) is 18.0 Å². The molecule has 1 spiro atoms. The van der Waals surface area contributed by atoms with Crippen LogP contribution in [0.4, 0.5) is 13.2 Å². The lowest BCUT2D eigenvalue weighted by atomic mass is 9.85. The minimum Gasteiger partial charge on any atom is -0.383 e. The fraction of sp³-hybridized carbons (Fsp3) is 0.650. The van der Waals surface area contributed by atoms with Crippen LogP contribution in [-0.2, 0) is 22.5 Å². The van der Waals surface area contributed by atoms with Crippen molar-refractivity contribution in [3.63, 3.8) is 0 Å². The standard InChI is InChI=1S/C20H27F3N2O2/c1-27-13-12-24-10-2-8-19(18(24)26)9-3-11-25(19)15-17-6-4-16(5-7-17)14-20(21,22)23/h4-7H,2-3,8-15H2,1H3. The highest BCUT2D eigenvalue weighted by Crippen LogP contribution is 2.39. The summed E-state index contributed by atoms with van der Waals surface area (Å²) in [4.78, 5) is 17.3. The van der Waals surface area contributed by atoms with Crippen LogP contribution in [0, 0.1) is 0 Å². The maximum atomic E-state index is 13.2. The van der Waals surface area contributed by atoms with Crippen LogP contribution in [-0.4, -0.2) is 60.8 Å². The first kappa shape index (κ1) is 20.1. The third-order valence-corrected chi connectivity index (χ3v) is 5.69. The van der Waals surface area contributed by atoms with Gasteiger partial charge < -0.3 is 9.64 Å². The first-order chi connectivity index (χ1) is 12.8. The molecule has 2 aliphatic heterocycles. The van der Waals surface area contributed by atoms with E-state index in [4.69, 9.17) is 4.74 Å². The molecule has 0 radical (unpaired) electrons. The van der Waals surface area contributed by atoms with Gasteiger partial charge in [-0.1, -0.05) is 24.3 Å². The zero-order chi connectivity index (χ0) is 19.5. The van der Waals surface area contributed by atoms with Crippen LogP contribution in [0.25, 0.3) is 0 Å². The average Bonchev–Trinajstić information content (AvgIpc) is 3.00. The van der Waals surface area contributed by atoms with Crippen molar-refractivity contribution in [1.29, 1.82) is 0 Å². The van der Waals surface area contributed by atoms with Gasteiger partial charge in [0, 0.05) is 26.7 Å². The molecule has 0 bridgehead atoms. The zero-order valence-corrected chi connectivity index (χ0v) is 15.7. The Hall–Kier alpha value is -1.60. The lowest BCUT2D eigenvalue weighted by Gasteiger charge is -2.44. The molecule has 27 heavy (non-hydrogen) atoms. The fourth-order valence-electron chi connectivity index (χ4n) is 4.38. The summed E-state index contributed by atoms with van der Waals surface area (Å²) in [5.41, 5.74) is 0.752. The molecule has 1 aromatic rings. The van der Waals surface area contributed by atoms with E-state index < -0.39 is 18.1 Å². The summed E-state index contributed by atoms with van der Waals surface area (Å²) in [6.07, 6.45) is -1.47. The maximum Gasteiger partial charge on any atom is 0.393 e. The minimum atomic E-state index is -4.19. The van der Waals surface area contributed by atoms with Crippen molar-refractivity contribution < 1.29 is 22.7 Å². The zero-order valence-electron chi connectivity index (χ0n) is 15.7. The van der Waals surface area contributed by atoms with Crippen LogP contribution in [0.15, 0.2) is 24.3 Å². The number of methoxy groups -OCH3 is 1.